The Morgan fingerprint density at radius 1 is 1.00 bits per heavy atom. The molecule has 0 heterocycles. The molecule has 1 amide bonds. The third-order valence-corrected chi connectivity index (χ3v) is 7.21. The SMILES string of the molecule is CC(=O)c1cccc(NC(=O)CNc2ccc(S(=O)(=O)C3CCCC3)cc2)c1. The van der Waals surface area contributed by atoms with Gasteiger partial charge in [0.15, 0.2) is 15.6 Å². The van der Waals surface area contributed by atoms with E-state index in [0.29, 0.717) is 21.8 Å². The fourth-order valence-electron chi connectivity index (χ4n) is 3.36. The van der Waals surface area contributed by atoms with Crippen molar-refractivity contribution in [1.29, 1.82) is 0 Å². The van der Waals surface area contributed by atoms with Crippen molar-refractivity contribution in [2.75, 3.05) is 17.2 Å². The average molecular weight is 401 g/mol. The third kappa shape index (κ3) is 4.78. The fourth-order valence-corrected chi connectivity index (χ4v) is 5.21. The first-order chi connectivity index (χ1) is 13.4. The van der Waals surface area contributed by atoms with Gasteiger partial charge < -0.3 is 10.6 Å². The maximum Gasteiger partial charge on any atom is 0.243 e. The van der Waals surface area contributed by atoms with Gasteiger partial charge in [-0.15, -0.1) is 0 Å². The number of rotatable bonds is 7. The first-order valence-electron chi connectivity index (χ1n) is 9.35. The number of ketones is 1. The first-order valence-corrected chi connectivity index (χ1v) is 10.9. The van der Waals surface area contributed by atoms with Crippen LogP contribution in [-0.2, 0) is 14.6 Å². The van der Waals surface area contributed by atoms with Gasteiger partial charge in [-0.05, 0) is 56.2 Å². The zero-order valence-electron chi connectivity index (χ0n) is 15.8. The van der Waals surface area contributed by atoms with E-state index in [9.17, 15) is 18.0 Å². The van der Waals surface area contributed by atoms with Crippen LogP contribution in [0.3, 0.4) is 0 Å². The summed E-state index contributed by atoms with van der Waals surface area (Å²) in [6.45, 7) is 1.50. The zero-order chi connectivity index (χ0) is 20.1. The summed E-state index contributed by atoms with van der Waals surface area (Å²) in [6.07, 6.45) is 3.39. The maximum absolute atomic E-state index is 12.6. The third-order valence-electron chi connectivity index (χ3n) is 4.93. The number of carbonyl (C=O) groups excluding carboxylic acids is 2. The summed E-state index contributed by atoms with van der Waals surface area (Å²) in [5, 5.41) is 5.43. The van der Waals surface area contributed by atoms with E-state index in [1.807, 2.05) is 0 Å². The van der Waals surface area contributed by atoms with Crippen LogP contribution < -0.4 is 10.6 Å². The van der Waals surface area contributed by atoms with Crippen molar-refractivity contribution in [2.24, 2.45) is 0 Å². The minimum atomic E-state index is -3.27. The number of sulfone groups is 1. The van der Waals surface area contributed by atoms with Crippen LogP contribution in [0.4, 0.5) is 11.4 Å². The van der Waals surface area contributed by atoms with E-state index < -0.39 is 9.84 Å². The molecule has 1 aliphatic rings. The lowest BCUT2D eigenvalue weighted by atomic mass is 10.1. The van der Waals surface area contributed by atoms with Crippen molar-refractivity contribution in [2.45, 2.75) is 42.8 Å². The molecule has 7 heteroatoms. The minimum Gasteiger partial charge on any atom is -0.376 e. The van der Waals surface area contributed by atoms with Gasteiger partial charge in [0.05, 0.1) is 16.7 Å². The molecule has 1 aliphatic carbocycles. The van der Waals surface area contributed by atoms with Crippen LogP contribution >= 0.6 is 0 Å². The number of amides is 1. The van der Waals surface area contributed by atoms with Crippen LogP contribution in [0, 0.1) is 0 Å². The summed E-state index contributed by atoms with van der Waals surface area (Å²) in [5.41, 5.74) is 1.75. The number of hydrogen-bond acceptors (Lipinski definition) is 5. The van der Waals surface area contributed by atoms with Crippen molar-refractivity contribution in [1.82, 2.24) is 0 Å². The molecule has 6 nitrogen and oxygen atoms in total. The molecule has 2 aromatic rings. The summed E-state index contributed by atoms with van der Waals surface area (Å²) in [7, 11) is -3.27. The lowest BCUT2D eigenvalue weighted by Crippen LogP contribution is -2.22. The summed E-state index contributed by atoms with van der Waals surface area (Å²) in [5.74, 6) is -0.328. The van der Waals surface area contributed by atoms with E-state index in [1.165, 1.54) is 6.92 Å². The average Bonchev–Trinajstić information content (AvgIpc) is 3.22. The molecule has 148 valence electrons. The van der Waals surface area contributed by atoms with Gasteiger partial charge in [0.2, 0.25) is 5.91 Å². The Morgan fingerprint density at radius 3 is 2.32 bits per heavy atom. The quantitative estimate of drug-likeness (QED) is 0.692. The second-order valence-corrected chi connectivity index (χ2v) is 9.24. The van der Waals surface area contributed by atoms with Gasteiger partial charge in [-0.25, -0.2) is 8.42 Å². The molecule has 0 radical (unpaired) electrons. The van der Waals surface area contributed by atoms with Gasteiger partial charge in [-0.1, -0.05) is 25.0 Å². The number of anilines is 2. The molecular formula is C21H24N2O4S. The number of Topliss-reactive ketones (excluding diaryl/α,β-unsaturated/α-hetero) is 1. The number of carbonyl (C=O) groups is 2. The minimum absolute atomic E-state index is 0.0268. The summed E-state index contributed by atoms with van der Waals surface area (Å²) < 4.78 is 25.2. The van der Waals surface area contributed by atoms with Crippen LogP contribution in [-0.4, -0.2) is 31.9 Å². The van der Waals surface area contributed by atoms with Gasteiger partial charge >= 0.3 is 0 Å². The van der Waals surface area contributed by atoms with E-state index in [-0.39, 0.29) is 23.5 Å². The van der Waals surface area contributed by atoms with Gasteiger partial charge in [0.1, 0.15) is 0 Å². The molecule has 0 unspecified atom stereocenters. The van der Waals surface area contributed by atoms with E-state index >= 15 is 0 Å². The molecule has 0 aliphatic heterocycles. The molecule has 0 saturated heterocycles. The first kappa shape index (κ1) is 20.1. The standard InChI is InChI=1S/C21H24N2O4S/c1-15(24)16-5-4-6-18(13-16)23-21(25)14-22-17-9-11-20(12-10-17)28(26,27)19-7-2-3-8-19/h4-6,9-13,19,22H,2-3,7-8,14H2,1H3,(H,23,25). The van der Waals surface area contributed by atoms with Crippen molar-refractivity contribution < 1.29 is 18.0 Å². The molecule has 0 atom stereocenters. The molecule has 2 aromatic carbocycles. The Kier molecular flexibility index (Phi) is 6.14. The largest absolute Gasteiger partial charge is 0.376 e. The number of nitrogens with one attached hydrogen (secondary N) is 2. The Morgan fingerprint density at radius 2 is 1.68 bits per heavy atom. The van der Waals surface area contributed by atoms with E-state index in [1.54, 1.807) is 48.5 Å². The summed E-state index contributed by atoms with van der Waals surface area (Å²) >= 11 is 0. The predicted octanol–water partition coefficient (Wildman–Crippen LogP) is 3.66. The summed E-state index contributed by atoms with van der Waals surface area (Å²) in [6, 6.07) is 13.3. The van der Waals surface area contributed by atoms with Gasteiger partial charge in [0, 0.05) is 16.9 Å². The number of benzene rings is 2. The highest BCUT2D eigenvalue weighted by atomic mass is 32.2. The topological polar surface area (TPSA) is 92.3 Å². The van der Waals surface area contributed by atoms with Gasteiger partial charge in [-0.2, -0.15) is 0 Å². The van der Waals surface area contributed by atoms with Crippen LogP contribution in [0.25, 0.3) is 0 Å². The van der Waals surface area contributed by atoms with Crippen molar-refractivity contribution in [3.63, 3.8) is 0 Å². The van der Waals surface area contributed by atoms with E-state index in [0.717, 1.165) is 25.7 Å². The summed E-state index contributed by atoms with van der Waals surface area (Å²) in [4.78, 5) is 23.9. The van der Waals surface area contributed by atoms with Crippen molar-refractivity contribution in [3.8, 4) is 0 Å². The van der Waals surface area contributed by atoms with Crippen LogP contribution in [0.5, 0.6) is 0 Å². The smallest absolute Gasteiger partial charge is 0.243 e. The Bertz CT molecular complexity index is 962. The Labute approximate surface area is 165 Å². The van der Waals surface area contributed by atoms with Crippen molar-refractivity contribution in [3.05, 3.63) is 54.1 Å². The number of hydrogen-bond donors (Lipinski definition) is 2. The molecular weight excluding hydrogens is 376 g/mol. The van der Waals surface area contributed by atoms with E-state index in [2.05, 4.69) is 10.6 Å². The monoisotopic (exact) mass is 400 g/mol. The molecule has 1 saturated carbocycles. The van der Waals surface area contributed by atoms with Crippen LogP contribution in [0.2, 0.25) is 0 Å². The van der Waals surface area contributed by atoms with Crippen molar-refractivity contribution >= 4 is 32.9 Å². The maximum atomic E-state index is 12.6. The highest BCUT2D eigenvalue weighted by Gasteiger charge is 2.30. The molecule has 3 rings (SSSR count). The highest BCUT2D eigenvalue weighted by Crippen LogP contribution is 2.30. The van der Waals surface area contributed by atoms with Gasteiger partial charge in [0.25, 0.3) is 0 Å². The Hall–Kier alpha value is -2.67. The van der Waals surface area contributed by atoms with Crippen LogP contribution in [0.1, 0.15) is 43.0 Å². The van der Waals surface area contributed by atoms with Gasteiger partial charge in [-0.3, -0.25) is 9.59 Å². The fraction of sp³-hybridized carbons (Fsp3) is 0.333. The lowest BCUT2D eigenvalue weighted by molar-refractivity contribution is -0.114. The lowest BCUT2D eigenvalue weighted by Gasteiger charge is -2.12. The molecule has 28 heavy (non-hydrogen) atoms. The second kappa shape index (κ2) is 8.56. The van der Waals surface area contributed by atoms with E-state index in [4.69, 9.17) is 0 Å². The second-order valence-electron chi connectivity index (χ2n) is 7.01. The molecule has 0 spiro atoms. The molecule has 0 aromatic heterocycles. The molecule has 2 N–H and O–H groups in total. The Balaban J connectivity index is 1.57. The normalized spacial score (nSPS) is 14.6. The van der Waals surface area contributed by atoms with Crippen LogP contribution in [0.15, 0.2) is 53.4 Å². The predicted molar refractivity (Wildman–Crippen MR) is 109 cm³/mol. The molecule has 1 fully saturated rings. The molecule has 0 bridgehead atoms. The highest BCUT2D eigenvalue weighted by molar-refractivity contribution is 7.92. The zero-order valence-corrected chi connectivity index (χ0v) is 16.6.